The van der Waals surface area contributed by atoms with Gasteiger partial charge in [0.1, 0.15) is 5.69 Å². The van der Waals surface area contributed by atoms with E-state index >= 15 is 0 Å². The summed E-state index contributed by atoms with van der Waals surface area (Å²) in [6, 6.07) is 0. The van der Waals surface area contributed by atoms with Crippen LogP contribution in [0.2, 0.25) is 0 Å². The molecule has 0 saturated carbocycles. The molecule has 0 atom stereocenters. The van der Waals surface area contributed by atoms with E-state index in [0.717, 1.165) is 17.0 Å². The standard InChI is InChI=1S/C11H16N4.C2H6/c1-5-9(3)7-12-10(6-2)11-8-15(4)14-13-11;1-2/h5-8H,1-4H3;1-2H3/b9-5-,10-6-,12-7-;. The highest BCUT2D eigenvalue weighted by atomic mass is 15.4. The number of allylic oxidation sites excluding steroid dienone is 3. The molecular weight excluding hydrogens is 212 g/mol. The Hall–Kier alpha value is -1.71. The van der Waals surface area contributed by atoms with Gasteiger partial charge in [-0.25, -0.2) is 0 Å². The highest BCUT2D eigenvalue weighted by Gasteiger charge is 2.02. The summed E-state index contributed by atoms with van der Waals surface area (Å²) in [5.41, 5.74) is 2.75. The molecule has 0 aliphatic rings. The number of hydrogen-bond donors (Lipinski definition) is 0. The fourth-order valence-electron chi connectivity index (χ4n) is 0.999. The average Bonchev–Trinajstić information content (AvgIpc) is 2.79. The quantitative estimate of drug-likeness (QED) is 0.753. The van der Waals surface area contributed by atoms with Crippen molar-refractivity contribution < 1.29 is 0 Å². The molecule has 0 aliphatic carbocycles. The van der Waals surface area contributed by atoms with Crippen LogP contribution in [-0.2, 0) is 7.05 Å². The van der Waals surface area contributed by atoms with E-state index < -0.39 is 0 Å². The first-order valence-electron chi connectivity index (χ1n) is 5.87. The lowest BCUT2D eigenvalue weighted by Gasteiger charge is -1.94. The Labute approximate surface area is 104 Å². The number of rotatable bonds is 3. The minimum Gasteiger partial charge on any atom is -0.255 e. The number of hydrogen-bond acceptors (Lipinski definition) is 3. The van der Waals surface area contributed by atoms with E-state index in [1.54, 1.807) is 4.68 Å². The van der Waals surface area contributed by atoms with Crippen molar-refractivity contribution in [2.75, 3.05) is 0 Å². The molecule has 94 valence electrons. The first-order valence-corrected chi connectivity index (χ1v) is 5.87. The molecule has 4 nitrogen and oxygen atoms in total. The third kappa shape index (κ3) is 5.24. The van der Waals surface area contributed by atoms with Gasteiger partial charge in [-0.15, -0.1) is 5.10 Å². The van der Waals surface area contributed by atoms with Crippen molar-refractivity contribution in [1.82, 2.24) is 15.0 Å². The zero-order valence-electron chi connectivity index (χ0n) is 11.6. The highest BCUT2D eigenvalue weighted by molar-refractivity contribution is 5.83. The highest BCUT2D eigenvalue weighted by Crippen LogP contribution is 2.11. The molecule has 0 radical (unpaired) electrons. The number of aliphatic imine (C=N–C) groups is 1. The topological polar surface area (TPSA) is 43.1 Å². The smallest absolute Gasteiger partial charge is 0.131 e. The van der Waals surface area contributed by atoms with Gasteiger partial charge in [0.15, 0.2) is 0 Å². The summed E-state index contributed by atoms with van der Waals surface area (Å²) in [5, 5.41) is 7.87. The summed E-state index contributed by atoms with van der Waals surface area (Å²) in [6.07, 6.45) is 7.60. The van der Waals surface area contributed by atoms with E-state index in [0.29, 0.717) is 0 Å². The van der Waals surface area contributed by atoms with Gasteiger partial charge in [-0.3, -0.25) is 9.67 Å². The average molecular weight is 234 g/mol. The van der Waals surface area contributed by atoms with Gasteiger partial charge in [0.05, 0.1) is 11.9 Å². The van der Waals surface area contributed by atoms with Gasteiger partial charge >= 0.3 is 0 Å². The molecule has 0 N–H and O–H groups in total. The Bertz CT molecular complexity index is 411. The van der Waals surface area contributed by atoms with Crippen molar-refractivity contribution >= 4 is 11.9 Å². The van der Waals surface area contributed by atoms with Crippen LogP contribution in [0.5, 0.6) is 0 Å². The second-order valence-electron chi connectivity index (χ2n) is 3.24. The normalized spacial score (nSPS) is 12.6. The van der Waals surface area contributed by atoms with Crippen LogP contribution in [-0.4, -0.2) is 21.2 Å². The monoisotopic (exact) mass is 234 g/mol. The number of nitrogens with zero attached hydrogens (tertiary/aromatic N) is 4. The fourth-order valence-corrected chi connectivity index (χ4v) is 0.999. The molecule has 0 spiro atoms. The second-order valence-corrected chi connectivity index (χ2v) is 3.24. The maximum atomic E-state index is 4.35. The van der Waals surface area contributed by atoms with E-state index in [1.807, 2.05) is 66.2 Å². The Morgan fingerprint density at radius 2 is 1.94 bits per heavy atom. The van der Waals surface area contributed by atoms with Crippen molar-refractivity contribution in [3.8, 4) is 0 Å². The van der Waals surface area contributed by atoms with Crippen LogP contribution in [0.25, 0.3) is 5.70 Å². The molecule has 0 aliphatic heterocycles. The zero-order chi connectivity index (χ0) is 13.3. The van der Waals surface area contributed by atoms with Gasteiger partial charge in [-0.1, -0.05) is 31.2 Å². The lowest BCUT2D eigenvalue weighted by molar-refractivity contribution is 0.714. The SMILES string of the molecule is CC.C\C=C(C)/C=N\C(=C/C)c1cn(C)nn1. The summed E-state index contributed by atoms with van der Waals surface area (Å²) in [5.74, 6) is 0. The van der Waals surface area contributed by atoms with E-state index in [2.05, 4.69) is 15.3 Å². The first-order chi connectivity index (χ1) is 8.17. The molecule has 0 bridgehead atoms. The van der Waals surface area contributed by atoms with Gasteiger partial charge in [0.25, 0.3) is 0 Å². The van der Waals surface area contributed by atoms with Gasteiger partial charge in [0, 0.05) is 13.3 Å². The Kier molecular flexibility index (Phi) is 7.59. The van der Waals surface area contributed by atoms with E-state index in [9.17, 15) is 0 Å². The van der Waals surface area contributed by atoms with Crippen molar-refractivity contribution in [1.29, 1.82) is 0 Å². The van der Waals surface area contributed by atoms with Crippen molar-refractivity contribution in [2.24, 2.45) is 12.0 Å². The van der Waals surface area contributed by atoms with E-state index in [1.165, 1.54) is 0 Å². The molecule has 1 aromatic heterocycles. The third-order valence-corrected chi connectivity index (χ3v) is 2.00. The van der Waals surface area contributed by atoms with Gasteiger partial charge in [0.2, 0.25) is 0 Å². The second kappa shape index (κ2) is 8.44. The van der Waals surface area contributed by atoms with Crippen LogP contribution in [0.1, 0.15) is 40.3 Å². The van der Waals surface area contributed by atoms with E-state index in [4.69, 9.17) is 0 Å². The third-order valence-electron chi connectivity index (χ3n) is 2.00. The maximum absolute atomic E-state index is 4.35. The van der Waals surface area contributed by atoms with Gasteiger partial charge in [-0.2, -0.15) is 0 Å². The van der Waals surface area contributed by atoms with Crippen LogP contribution in [0.3, 0.4) is 0 Å². The molecule has 17 heavy (non-hydrogen) atoms. The van der Waals surface area contributed by atoms with Crippen LogP contribution < -0.4 is 0 Å². The molecule has 1 aromatic rings. The summed E-state index contributed by atoms with van der Waals surface area (Å²) >= 11 is 0. The van der Waals surface area contributed by atoms with Crippen molar-refractivity contribution in [3.63, 3.8) is 0 Å². The molecule has 0 saturated heterocycles. The first kappa shape index (κ1) is 15.3. The molecule has 0 amide bonds. The molecular formula is C13H22N4. The Morgan fingerprint density at radius 3 is 2.35 bits per heavy atom. The fraction of sp³-hybridized carbons (Fsp3) is 0.462. The lowest BCUT2D eigenvalue weighted by atomic mass is 10.3. The summed E-state index contributed by atoms with van der Waals surface area (Å²) in [4.78, 5) is 4.35. The zero-order valence-corrected chi connectivity index (χ0v) is 11.6. The summed E-state index contributed by atoms with van der Waals surface area (Å²) in [7, 11) is 1.84. The maximum Gasteiger partial charge on any atom is 0.131 e. The molecule has 0 aromatic carbocycles. The summed E-state index contributed by atoms with van der Waals surface area (Å²) in [6.45, 7) is 9.93. The van der Waals surface area contributed by atoms with Crippen LogP contribution in [0.15, 0.2) is 28.9 Å². The largest absolute Gasteiger partial charge is 0.255 e. The van der Waals surface area contributed by atoms with Gasteiger partial charge < -0.3 is 0 Å². The Morgan fingerprint density at radius 1 is 1.29 bits per heavy atom. The van der Waals surface area contributed by atoms with Gasteiger partial charge in [-0.05, 0) is 26.3 Å². The molecule has 0 unspecified atom stereocenters. The van der Waals surface area contributed by atoms with Crippen molar-refractivity contribution in [3.05, 3.63) is 29.6 Å². The van der Waals surface area contributed by atoms with E-state index in [-0.39, 0.29) is 0 Å². The molecule has 1 rings (SSSR count). The minimum absolute atomic E-state index is 0.792. The van der Waals surface area contributed by atoms with Crippen LogP contribution in [0.4, 0.5) is 0 Å². The Balaban J connectivity index is 0.00000121. The molecule has 4 heteroatoms. The summed E-state index contributed by atoms with van der Waals surface area (Å²) < 4.78 is 1.66. The molecule has 1 heterocycles. The molecule has 0 fully saturated rings. The predicted octanol–water partition coefficient (Wildman–Crippen LogP) is 3.24. The minimum atomic E-state index is 0.792. The number of aromatic nitrogens is 3. The number of aryl methyl sites for hydroxylation is 1. The lowest BCUT2D eigenvalue weighted by Crippen LogP contribution is -1.85. The van der Waals surface area contributed by atoms with Crippen LogP contribution >= 0.6 is 0 Å². The van der Waals surface area contributed by atoms with Crippen LogP contribution in [0, 0.1) is 0 Å². The van der Waals surface area contributed by atoms with Crippen molar-refractivity contribution in [2.45, 2.75) is 34.6 Å². The predicted molar refractivity (Wildman–Crippen MR) is 73.9 cm³/mol.